The van der Waals surface area contributed by atoms with Gasteiger partial charge in [0.1, 0.15) is 11.6 Å². The topological polar surface area (TPSA) is 92.0 Å². The van der Waals surface area contributed by atoms with E-state index in [-0.39, 0.29) is 23.5 Å². The number of anilines is 1. The zero-order valence-electron chi connectivity index (χ0n) is 24.3. The summed E-state index contributed by atoms with van der Waals surface area (Å²) in [6.07, 6.45) is 4.64. The maximum absolute atomic E-state index is 14.4. The highest BCUT2D eigenvalue weighted by atomic mass is 19.1. The number of nitrogens with one attached hydrogen (secondary N) is 1. The summed E-state index contributed by atoms with van der Waals surface area (Å²) < 4.78 is 21.0. The molecular formula is C32H40FN5O3. The number of nitrogens with zero attached hydrogens (tertiary/aromatic N) is 4. The first-order valence-electron chi connectivity index (χ1n) is 14.7. The Morgan fingerprint density at radius 2 is 2.07 bits per heavy atom. The minimum Gasteiger partial charge on any atom is -0.497 e. The van der Waals surface area contributed by atoms with Gasteiger partial charge >= 0.3 is 0 Å². The van der Waals surface area contributed by atoms with Crippen molar-refractivity contribution in [3.8, 4) is 5.75 Å². The van der Waals surface area contributed by atoms with Crippen molar-refractivity contribution in [1.29, 1.82) is 0 Å². The Hall–Kier alpha value is -3.46. The monoisotopic (exact) mass is 561 g/mol. The lowest BCUT2D eigenvalue weighted by molar-refractivity contribution is -0.108. The molecule has 41 heavy (non-hydrogen) atoms. The van der Waals surface area contributed by atoms with E-state index in [9.17, 15) is 14.3 Å². The van der Waals surface area contributed by atoms with Crippen molar-refractivity contribution < 1.29 is 14.2 Å². The molecule has 2 N–H and O–H groups in total. The van der Waals surface area contributed by atoms with E-state index in [0.717, 1.165) is 31.0 Å². The lowest BCUT2D eigenvalue weighted by atomic mass is 9.45. The van der Waals surface area contributed by atoms with Gasteiger partial charge in [0.05, 0.1) is 36.5 Å². The van der Waals surface area contributed by atoms with Crippen LogP contribution in [0.1, 0.15) is 45.6 Å². The number of fused-ring (bicyclic) bond motifs is 3. The third kappa shape index (κ3) is 5.20. The van der Waals surface area contributed by atoms with Gasteiger partial charge in [-0.15, -0.1) is 0 Å². The van der Waals surface area contributed by atoms with Gasteiger partial charge in [0.2, 0.25) is 0 Å². The maximum Gasteiger partial charge on any atom is 0.261 e. The van der Waals surface area contributed by atoms with Crippen LogP contribution < -0.4 is 15.6 Å². The van der Waals surface area contributed by atoms with Crippen LogP contribution in [-0.4, -0.2) is 57.9 Å². The first-order chi connectivity index (χ1) is 19.6. The molecule has 2 heterocycles. The largest absolute Gasteiger partial charge is 0.497 e. The van der Waals surface area contributed by atoms with E-state index in [1.54, 1.807) is 18.2 Å². The summed E-state index contributed by atoms with van der Waals surface area (Å²) in [4.78, 5) is 25.2. The van der Waals surface area contributed by atoms with Crippen molar-refractivity contribution in [2.45, 2.75) is 65.1 Å². The summed E-state index contributed by atoms with van der Waals surface area (Å²) in [5.41, 5.74) is 2.13. The second-order valence-corrected chi connectivity index (χ2v) is 12.7. The van der Waals surface area contributed by atoms with E-state index >= 15 is 0 Å². The van der Waals surface area contributed by atoms with Gasteiger partial charge < -0.3 is 20.1 Å². The highest BCUT2D eigenvalue weighted by molar-refractivity contribution is 5.96. The summed E-state index contributed by atoms with van der Waals surface area (Å²) in [7, 11) is 1.50. The van der Waals surface area contributed by atoms with E-state index in [4.69, 9.17) is 9.73 Å². The van der Waals surface area contributed by atoms with Gasteiger partial charge in [0, 0.05) is 31.4 Å². The molecule has 2 bridgehead atoms. The fourth-order valence-corrected chi connectivity index (χ4v) is 7.20. The summed E-state index contributed by atoms with van der Waals surface area (Å²) in [6.45, 7) is 8.74. The van der Waals surface area contributed by atoms with Gasteiger partial charge in [-0.05, 0) is 78.7 Å². The highest BCUT2D eigenvalue weighted by Crippen LogP contribution is 2.61. The zero-order valence-corrected chi connectivity index (χ0v) is 24.3. The predicted molar refractivity (Wildman–Crippen MR) is 159 cm³/mol. The smallest absolute Gasteiger partial charge is 0.261 e. The second kappa shape index (κ2) is 10.7. The molecule has 7 rings (SSSR count). The molecule has 5 unspecified atom stereocenters. The van der Waals surface area contributed by atoms with Gasteiger partial charge in [0.15, 0.2) is 5.96 Å². The third-order valence-corrected chi connectivity index (χ3v) is 10.0. The van der Waals surface area contributed by atoms with Gasteiger partial charge in [-0.2, -0.15) is 0 Å². The molecule has 218 valence electrons. The molecule has 0 spiro atoms. The van der Waals surface area contributed by atoms with E-state index in [2.05, 4.69) is 36.0 Å². The van der Waals surface area contributed by atoms with Crippen LogP contribution in [0.4, 0.5) is 10.1 Å². The number of aliphatic hydroxyl groups is 1. The summed E-state index contributed by atoms with van der Waals surface area (Å²) >= 11 is 0. The molecule has 3 saturated carbocycles. The van der Waals surface area contributed by atoms with Crippen molar-refractivity contribution >= 4 is 22.5 Å². The minimum atomic E-state index is -0.360. The summed E-state index contributed by atoms with van der Waals surface area (Å²) in [5, 5.41) is 14.3. The molecule has 8 nitrogen and oxygen atoms in total. The number of guanidine groups is 1. The Balaban J connectivity index is 1.21. The van der Waals surface area contributed by atoms with Crippen molar-refractivity contribution in [2.75, 3.05) is 25.5 Å². The number of hydrogen-bond acceptors (Lipinski definition) is 5. The fraction of sp³-hybridized carbons (Fsp3) is 0.531. The molecule has 3 aromatic rings. The number of likely N-dealkylation sites (tertiary alicyclic amines) is 1. The summed E-state index contributed by atoms with van der Waals surface area (Å²) in [5.74, 6) is 2.79. The Labute approximate surface area is 240 Å². The van der Waals surface area contributed by atoms with Crippen LogP contribution in [0, 0.1) is 29.0 Å². The van der Waals surface area contributed by atoms with Crippen LogP contribution in [-0.2, 0) is 13.0 Å². The molecule has 2 aromatic carbocycles. The molecule has 0 radical (unpaired) electrons. The number of β-amino-alcohol motifs (C(OH)–C–C–N with tert-alkyl or cyclic N) is 1. The van der Waals surface area contributed by atoms with Crippen molar-refractivity contribution in [1.82, 2.24) is 14.5 Å². The van der Waals surface area contributed by atoms with Crippen molar-refractivity contribution in [2.24, 2.45) is 28.2 Å². The highest BCUT2D eigenvalue weighted by Gasteiger charge is 2.56. The van der Waals surface area contributed by atoms with Gasteiger partial charge in [-0.25, -0.2) is 14.4 Å². The summed E-state index contributed by atoms with van der Waals surface area (Å²) in [6, 6.07) is 10.5. The van der Waals surface area contributed by atoms with Crippen molar-refractivity contribution in [3.05, 3.63) is 64.5 Å². The fourth-order valence-electron chi connectivity index (χ4n) is 7.20. The second-order valence-electron chi connectivity index (χ2n) is 12.7. The predicted octanol–water partition coefficient (Wildman–Crippen LogP) is 4.69. The number of benzene rings is 2. The van der Waals surface area contributed by atoms with E-state index in [1.165, 1.54) is 30.5 Å². The van der Waals surface area contributed by atoms with E-state index in [1.807, 2.05) is 12.1 Å². The number of rotatable bonds is 6. The molecule has 1 aromatic heterocycles. The molecule has 3 aliphatic carbocycles. The van der Waals surface area contributed by atoms with Crippen molar-refractivity contribution in [3.63, 3.8) is 0 Å². The SMILES string of the molecule is COc1ccc(CCn2cnc3cc(NC(=NC4CC5CC(C4C)C5(C)C)N4CCC(O)C4)ccc3c2=O)c(F)c1. The number of methoxy groups -OCH3 is 1. The first-order valence-corrected chi connectivity index (χ1v) is 14.7. The number of hydrogen-bond donors (Lipinski definition) is 2. The molecule has 9 heteroatoms. The van der Waals surface area contributed by atoms with Gasteiger partial charge in [-0.3, -0.25) is 9.36 Å². The van der Waals surface area contributed by atoms with Gasteiger partial charge in [-0.1, -0.05) is 26.8 Å². The zero-order chi connectivity index (χ0) is 28.9. The van der Waals surface area contributed by atoms with E-state index in [0.29, 0.717) is 64.9 Å². The average molecular weight is 562 g/mol. The average Bonchev–Trinajstić information content (AvgIpc) is 3.39. The number of aliphatic imine (C=N–C) groups is 1. The first kappa shape index (κ1) is 27.7. The van der Waals surface area contributed by atoms with Crippen LogP contribution >= 0.6 is 0 Å². The normalized spacial score (nSPS) is 27.1. The number of ether oxygens (including phenoxy) is 1. The van der Waals surface area contributed by atoms with Crippen LogP contribution in [0.15, 0.2) is 52.5 Å². The number of aliphatic hydroxyl groups excluding tert-OH is 1. The Morgan fingerprint density at radius 3 is 2.76 bits per heavy atom. The van der Waals surface area contributed by atoms with E-state index < -0.39 is 0 Å². The van der Waals surface area contributed by atoms with Crippen LogP contribution in [0.25, 0.3) is 10.9 Å². The lowest BCUT2D eigenvalue weighted by Crippen LogP contribution is -2.56. The molecule has 1 saturated heterocycles. The Morgan fingerprint density at radius 1 is 1.24 bits per heavy atom. The molecule has 1 aliphatic heterocycles. The quantitative estimate of drug-likeness (QED) is 0.335. The minimum absolute atomic E-state index is 0.162. The molecule has 4 fully saturated rings. The molecule has 0 amide bonds. The molecule has 4 aliphatic rings. The Kier molecular flexibility index (Phi) is 7.26. The molecule has 5 atom stereocenters. The number of aryl methyl sites for hydroxylation is 2. The van der Waals surface area contributed by atoms with Crippen LogP contribution in [0.3, 0.4) is 0 Å². The number of halogens is 1. The van der Waals surface area contributed by atoms with Gasteiger partial charge in [0.25, 0.3) is 5.56 Å². The standard InChI is InChI=1S/C32H40FN5O3/c1-19-26-13-21(32(26,2)3)14-28(19)36-31(37-12-10-23(39)17-37)35-22-6-8-25-29(15-22)34-18-38(30(25)40)11-9-20-5-7-24(41-4)16-27(20)33/h5-8,15-16,18-19,21,23,26,28,39H,9-14,17H2,1-4H3,(H,35,36). The Bertz CT molecular complexity index is 1540. The third-order valence-electron chi connectivity index (χ3n) is 10.0. The van der Waals surface area contributed by atoms with Crippen LogP contribution in [0.2, 0.25) is 0 Å². The van der Waals surface area contributed by atoms with Crippen LogP contribution in [0.5, 0.6) is 5.75 Å². The lowest BCUT2D eigenvalue weighted by Gasteiger charge is -2.61. The number of aromatic nitrogens is 2. The maximum atomic E-state index is 14.4. The molecular weight excluding hydrogens is 521 g/mol.